The number of carbonyl (C=O) groups is 1. The molecule has 0 aliphatic heterocycles. The molecule has 1 aromatic heterocycles. The van der Waals surface area contributed by atoms with Gasteiger partial charge in [0.1, 0.15) is 0 Å². The fourth-order valence-corrected chi connectivity index (χ4v) is 2.54. The number of ether oxygens (including phenoxy) is 2. The zero-order valence-electron chi connectivity index (χ0n) is 12.4. The zero-order valence-corrected chi connectivity index (χ0v) is 13.2. The number of thiophene rings is 1. The van der Waals surface area contributed by atoms with Gasteiger partial charge in [-0.3, -0.25) is 9.69 Å². The first-order valence-corrected chi connectivity index (χ1v) is 7.58. The molecule has 114 valence electrons. The van der Waals surface area contributed by atoms with Gasteiger partial charge in [-0.05, 0) is 18.4 Å². The highest BCUT2D eigenvalue weighted by atomic mass is 32.1. The van der Waals surface area contributed by atoms with Gasteiger partial charge in [-0.2, -0.15) is 0 Å². The second kappa shape index (κ2) is 9.88. The Morgan fingerprint density at radius 3 is 2.50 bits per heavy atom. The van der Waals surface area contributed by atoms with Gasteiger partial charge in [0.15, 0.2) is 0 Å². The molecule has 0 aromatic carbocycles. The van der Waals surface area contributed by atoms with Crippen LogP contribution in [0.25, 0.3) is 0 Å². The van der Waals surface area contributed by atoms with Crippen LogP contribution in [0.5, 0.6) is 0 Å². The summed E-state index contributed by atoms with van der Waals surface area (Å²) >= 11 is 1.65. The third-order valence-corrected chi connectivity index (χ3v) is 3.99. The van der Waals surface area contributed by atoms with Crippen molar-refractivity contribution in [2.75, 3.05) is 47.1 Å². The SMILES string of the molecule is COCCN(CCOC)CC(=O)NC(C)c1cccs1. The second-order valence-electron chi connectivity index (χ2n) is 4.57. The lowest BCUT2D eigenvalue weighted by atomic mass is 10.2. The molecule has 1 amide bonds. The molecule has 20 heavy (non-hydrogen) atoms. The minimum absolute atomic E-state index is 0.0260. The number of nitrogens with zero attached hydrogens (tertiary/aromatic N) is 1. The Morgan fingerprint density at radius 2 is 2.00 bits per heavy atom. The number of nitrogens with one attached hydrogen (secondary N) is 1. The first-order valence-electron chi connectivity index (χ1n) is 6.70. The van der Waals surface area contributed by atoms with Crippen molar-refractivity contribution >= 4 is 17.2 Å². The van der Waals surface area contributed by atoms with Crippen LogP contribution in [-0.2, 0) is 14.3 Å². The van der Waals surface area contributed by atoms with Crippen molar-refractivity contribution in [1.29, 1.82) is 0 Å². The van der Waals surface area contributed by atoms with Crippen molar-refractivity contribution in [3.8, 4) is 0 Å². The molecule has 0 spiro atoms. The maximum atomic E-state index is 12.1. The van der Waals surface area contributed by atoms with Crippen molar-refractivity contribution in [3.05, 3.63) is 22.4 Å². The van der Waals surface area contributed by atoms with Crippen LogP contribution in [0.1, 0.15) is 17.8 Å². The largest absolute Gasteiger partial charge is 0.383 e. The summed E-state index contributed by atoms with van der Waals surface area (Å²) in [5.41, 5.74) is 0. The summed E-state index contributed by atoms with van der Waals surface area (Å²) in [7, 11) is 3.32. The van der Waals surface area contributed by atoms with Crippen LogP contribution in [0.15, 0.2) is 17.5 Å². The monoisotopic (exact) mass is 300 g/mol. The molecule has 1 unspecified atom stereocenters. The van der Waals surface area contributed by atoms with Gasteiger partial charge >= 0.3 is 0 Å². The van der Waals surface area contributed by atoms with E-state index in [1.165, 1.54) is 4.88 Å². The lowest BCUT2D eigenvalue weighted by molar-refractivity contribution is -0.123. The van der Waals surface area contributed by atoms with Gasteiger partial charge in [-0.25, -0.2) is 0 Å². The summed E-state index contributed by atoms with van der Waals surface area (Å²) in [4.78, 5) is 15.3. The molecule has 0 aliphatic carbocycles. The second-order valence-corrected chi connectivity index (χ2v) is 5.55. The minimum Gasteiger partial charge on any atom is -0.383 e. The molecule has 0 fully saturated rings. The first kappa shape index (κ1) is 17.1. The highest BCUT2D eigenvalue weighted by molar-refractivity contribution is 7.10. The fraction of sp³-hybridized carbons (Fsp3) is 0.643. The van der Waals surface area contributed by atoms with E-state index in [-0.39, 0.29) is 11.9 Å². The van der Waals surface area contributed by atoms with E-state index in [9.17, 15) is 4.79 Å². The lowest BCUT2D eigenvalue weighted by Gasteiger charge is -2.22. The lowest BCUT2D eigenvalue weighted by Crippen LogP contribution is -2.41. The molecular formula is C14H24N2O3S. The Balaban J connectivity index is 2.39. The Hall–Kier alpha value is -0.950. The molecule has 6 heteroatoms. The molecule has 1 heterocycles. The van der Waals surface area contributed by atoms with Crippen molar-refractivity contribution in [3.63, 3.8) is 0 Å². The van der Waals surface area contributed by atoms with E-state index in [0.717, 1.165) is 13.1 Å². The summed E-state index contributed by atoms with van der Waals surface area (Å²) in [6.45, 7) is 5.02. The third kappa shape index (κ3) is 6.47. The smallest absolute Gasteiger partial charge is 0.234 e. The van der Waals surface area contributed by atoms with Crippen LogP contribution in [0.3, 0.4) is 0 Å². The van der Waals surface area contributed by atoms with Gasteiger partial charge in [-0.15, -0.1) is 11.3 Å². The van der Waals surface area contributed by atoms with Crippen LogP contribution in [-0.4, -0.2) is 57.9 Å². The summed E-state index contributed by atoms with van der Waals surface area (Å²) < 4.78 is 10.1. The van der Waals surface area contributed by atoms with Crippen molar-refractivity contribution in [1.82, 2.24) is 10.2 Å². The number of amides is 1. The van der Waals surface area contributed by atoms with Crippen LogP contribution in [0.4, 0.5) is 0 Å². The van der Waals surface area contributed by atoms with Crippen LogP contribution >= 0.6 is 11.3 Å². The molecule has 0 radical (unpaired) electrons. The van der Waals surface area contributed by atoms with Gasteiger partial charge in [0.25, 0.3) is 0 Å². The number of rotatable bonds is 10. The van der Waals surface area contributed by atoms with Gasteiger partial charge < -0.3 is 14.8 Å². The fourth-order valence-electron chi connectivity index (χ4n) is 1.81. The Bertz CT molecular complexity index is 363. The van der Waals surface area contributed by atoms with Gasteiger partial charge in [0, 0.05) is 32.2 Å². The molecule has 1 N–H and O–H groups in total. The summed E-state index contributed by atoms with van der Waals surface area (Å²) in [5, 5.41) is 5.03. The molecule has 0 aliphatic rings. The first-order chi connectivity index (χ1) is 9.67. The molecule has 0 saturated carbocycles. The molecule has 5 nitrogen and oxygen atoms in total. The maximum Gasteiger partial charge on any atom is 0.234 e. The van der Waals surface area contributed by atoms with Crippen LogP contribution in [0.2, 0.25) is 0 Å². The van der Waals surface area contributed by atoms with E-state index in [2.05, 4.69) is 5.32 Å². The standard InChI is InChI=1S/C14H24N2O3S/c1-12(13-5-4-10-20-13)15-14(17)11-16(6-8-18-2)7-9-19-3/h4-5,10,12H,6-9,11H2,1-3H3,(H,15,17). The van der Waals surface area contributed by atoms with Crippen LogP contribution in [0, 0.1) is 0 Å². The van der Waals surface area contributed by atoms with Crippen LogP contribution < -0.4 is 5.32 Å². The van der Waals surface area contributed by atoms with E-state index < -0.39 is 0 Å². The van der Waals surface area contributed by atoms with E-state index in [1.54, 1.807) is 25.6 Å². The maximum absolute atomic E-state index is 12.1. The highest BCUT2D eigenvalue weighted by Crippen LogP contribution is 2.17. The number of hydrogen-bond donors (Lipinski definition) is 1. The molecular weight excluding hydrogens is 276 g/mol. The average Bonchev–Trinajstić information content (AvgIpc) is 2.95. The van der Waals surface area contributed by atoms with Crippen molar-refractivity contribution < 1.29 is 14.3 Å². The third-order valence-electron chi connectivity index (χ3n) is 2.94. The van der Waals surface area contributed by atoms with E-state index in [4.69, 9.17) is 9.47 Å². The van der Waals surface area contributed by atoms with Gasteiger partial charge in [0.05, 0.1) is 25.8 Å². The van der Waals surface area contributed by atoms with Crippen molar-refractivity contribution in [2.24, 2.45) is 0 Å². The predicted molar refractivity (Wildman–Crippen MR) is 81.1 cm³/mol. The van der Waals surface area contributed by atoms with E-state index in [1.807, 2.05) is 29.3 Å². The van der Waals surface area contributed by atoms with E-state index >= 15 is 0 Å². The topological polar surface area (TPSA) is 50.8 Å². The minimum atomic E-state index is 0.0260. The molecule has 1 aromatic rings. The Labute approximate surface area is 124 Å². The quantitative estimate of drug-likeness (QED) is 0.712. The number of methoxy groups -OCH3 is 2. The predicted octanol–water partition coefficient (Wildman–Crippen LogP) is 1.52. The molecule has 1 atom stereocenters. The molecule has 0 saturated heterocycles. The number of carbonyl (C=O) groups excluding carboxylic acids is 1. The summed E-state index contributed by atoms with van der Waals surface area (Å²) in [5.74, 6) is 0.0260. The summed E-state index contributed by atoms with van der Waals surface area (Å²) in [6.07, 6.45) is 0. The average molecular weight is 300 g/mol. The highest BCUT2D eigenvalue weighted by Gasteiger charge is 2.14. The molecule has 1 rings (SSSR count). The van der Waals surface area contributed by atoms with Gasteiger partial charge in [0.2, 0.25) is 5.91 Å². The van der Waals surface area contributed by atoms with Crippen molar-refractivity contribution in [2.45, 2.75) is 13.0 Å². The Morgan fingerprint density at radius 1 is 1.35 bits per heavy atom. The Kier molecular flexibility index (Phi) is 8.45. The van der Waals surface area contributed by atoms with E-state index in [0.29, 0.717) is 19.8 Å². The normalized spacial score (nSPS) is 12.6. The summed E-state index contributed by atoms with van der Waals surface area (Å²) in [6, 6.07) is 4.07. The zero-order chi connectivity index (χ0) is 14.8. The van der Waals surface area contributed by atoms with Gasteiger partial charge in [-0.1, -0.05) is 6.07 Å². The number of hydrogen-bond acceptors (Lipinski definition) is 5. The molecule has 0 bridgehead atoms.